The number of anilines is 1. The summed E-state index contributed by atoms with van der Waals surface area (Å²) in [6, 6.07) is 7.49. The van der Waals surface area contributed by atoms with E-state index in [1.54, 1.807) is 0 Å². The third-order valence-electron chi connectivity index (χ3n) is 2.41. The van der Waals surface area contributed by atoms with Crippen molar-refractivity contribution in [2.75, 3.05) is 11.9 Å². The molecule has 1 aromatic carbocycles. The van der Waals surface area contributed by atoms with Crippen molar-refractivity contribution in [1.82, 2.24) is 5.32 Å². The van der Waals surface area contributed by atoms with Crippen molar-refractivity contribution in [1.29, 1.82) is 0 Å². The van der Waals surface area contributed by atoms with Gasteiger partial charge in [0.2, 0.25) is 0 Å². The van der Waals surface area contributed by atoms with E-state index in [4.69, 9.17) is 18.0 Å². The van der Waals surface area contributed by atoms with Crippen LogP contribution in [-0.2, 0) is 0 Å². The quantitative estimate of drug-likeness (QED) is 0.547. The maximum absolute atomic E-state index is 11.5. The molecule has 0 unspecified atom stereocenters. The zero-order valence-corrected chi connectivity index (χ0v) is 11.3. The number of carbonyl (C=O) groups is 1. The van der Waals surface area contributed by atoms with Gasteiger partial charge in [-0.25, -0.2) is 4.79 Å². The predicted molar refractivity (Wildman–Crippen MR) is 78.8 cm³/mol. The summed E-state index contributed by atoms with van der Waals surface area (Å²) in [5.74, 6) is 0. The number of benzene rings is 1. The highest BCUT2D eigenvalue weighted by Gasteiger charge is 2.00. The molecule has 0 bridgehead atoms. The summed E-state index contributed by atoms with van der Waals surface area (Å²) in [4.78, 5) is 12.1. The van der Waals surface area contributed by atoms with E-state index in [2.05, 4.69) is 10.6 Å². The Hall–Kier alpha value is -1.62. The first-order chi connectivity index (χ1) is 8.58. The summed E-state index contributed by atoms with van der Waals surface area (Å²) in [7, 11) is 0. The van der Waals surface area contributed by atoms with Gasteiger partial charge in [0.1, 0.15) is 0 Å². The third kappa shape index (κ3) is 6.20. The number of urea groups is 1. The molecular weight excluding hydrogens is 246 g/mol. The van der Waals surface area contributed by atoms with E-state index in [1.165, 1.54) is 0 Å². The topological polar surface area (TPSA) is 67.2 Å². The number of carbonyl (C=O) groups excluding carboxylic acids is 1. The van der Waals surface area contributed by atoms with Crippen LogP contribution >= 0.6 is 12.2 Å². The number of hydrogen-bond donors (Lipinski definition) is 3. The van der Waals surface area contributed by atoms with Crippen LogP contribution in [0.5, 0.6) is 0 Å². The average Bonchev–Trinajstić information content (AvgIpc) is 2.28. The summed E-state index contributed by atoms with van der Waals surface area (Å²) in [6.45, 7) is 2.61. The molecule has 0 heterocycles. The number of nitrogens with one attached hydrogen (secondary N) is 2. The van der Waals surface area contributed by atoms with Gasteiger partial charge in [0.15, 0.2) is 0 Å². The number of nitrogens with two attached hydrogens (primary N) is 1. The van der Waals surface area contributed by atoms with Crippen molar-refractivity contribution in [3.8, 4) is 0 Å². The maximum Gasteiger partial charge on any atom is 0.319 e. The fraction of sp³-hybridized carbons (Fsp3) is 0.385. The second-order valence-corrected chi connectivity index (χ2v) is 4.70. The predicted octanol–water partition coefficient (Wildman–Crippen LogP) is 2.57. The fourth-order valence-electron chi connectivity index (χ4n) is 1.52. The maximum atomic E-state index is 11.5. The molecule has 1 aromatic rings. The summed E-state index contributed by atoms with van der Waals surface area (Å²) in [6.07, 6.45) is 2.51. The van der Waals surface area contributed by atoms with Gasteiger partial charge in [0, 0.05) is 12.2 Å². The van der Waals surface area contributed by atoms with Crippen molar-refractivity contribution in [3.05, 3.63) is 29.8 Å². The molecule has 0 aliphatic heterocycles. The first kappa shape index (κ1) is 14.4. The minimum atomic E-state index is -0.184. The largest absolute Gasteiger partial charge is 0.393 e. The SMILES string of the molecule is Cc1cccc(NC(=O)NCCCCC(N)=S)c1. The molecule has 98 valence electrons. The van der Waals surface area contributed by atoms with Crippen LogP contribution in [0.25, 0.3) is 0 Å². The van der Waals surface area contributed by atoms with Gasteiger partial charge in [-0.05, 0) is 43.9 Å². The second-order valence-electron chi connectivity index (χ2n) is 4.17. The monoisotopic (exact) mass is 265 g/mol. The van der Waals surface area contributed by atoms with E-state index in [0.717, 1.165) is 30.5 Å². The number of amides is 2. The average molecular weight is 265 g/mol. The molecule has 18 heavy (non-hydrogen) atoms. The third-order valence-corrected chi connectivity index (χ3v) is 2.62. The number of thiocarbonyl (C=S) groups is 1. The first-order valence-corrected chi connectivity index (χ1v) is 6.38. The van der Waals surface area contributed by atoms with Crippen molar-refractivity contribution in [2.45, 2.75) is 26.2 Å². The molecule has 4 N–H and O–H groups in total. The van der Waals surface area contributed by atoms with Crippen LogP contribution in [-0.4, -0.2) is 17.6 Å². The lowest BCUT2D eigenvalue weighted by Gasteiger charge is -2.07. The molecule has 2 amide bonds. The van der Waals surface area contributed by atoms with Gasteiger partial charge < -0.3 is 16.4 Å². The molecular formula is C13H19N3OS. The van der Waals surface area contributed by atoms with Crippen molar-refractivity contribution in [2.24, 2.45) is 5.73 Å². The fourth-order valence-corrected chi connectivity index (χ4v) is 1.67. The van der Waals surface area contributed by atoms with Gasteiger partial charge >= 0.3 is 6.03 Å². The number of rotatable bonds is 6. The lowest BCUT2D eigenvalue weighted by atomic mass is 10.2. The van der Waals surface area contributed by atoms with Crippen LogP contribution < -0.4 is 16.4 Å². The van der Waals surface area contributed by atoms with Crippen LogP contribution in [0.1, 0.15) is 24.8 Å². The van der Waals surface area contributed by atoms with Gasteiger partial charge in [-0.3, -0.25) is 0 Å². The van der Waals surface area contributed by atoms with Gasteiger partial charge in [-0.1, -0.05) is 24.4 Å². The Morgan fingerprint density at radius 3 is 2.83 bits per heavy atom. The Morgan fingerprint density at radius 1 is 1.39 bits per heavy atom. The molecule has 0 atom stereocenters. The molecule has 0 spiro atoms. The Balaban J connectivity index is 2.20. The van der Waals surface area contributed by atoms with Crippen molar-refractivity contribution < 1.29 is 4.79 Å². The van der Waals surface area contributed by atoms with Crippen LogP contribution in [0.2, 0.25) is 0 Å². The van der Waals surface area contributed by atoms with E-state index >= 15 is 0 Å². The van der Waals surface area contributed by atoms with Crippen molar-refractivity contribution in [3.63, 3.8) is 0 Å². The second kappa shape index (κ2) is 7.66. The molecule has 1 rings (SSSR count). The molecule has 5 heteroatoms. The normalized spacial score (nSPS) is 9.83. The molecule has 0 saturated heterocycles. The molecule has 0 fully saturated rings. The van der Waals surface area contributed by atoms with Gasteiger partial charge in [-0.2, -0.15) is 0 Å². The number of unbranched alkanes of at least 4 members (excludes halogenated alkanes) is 1. The van der Waals surface area contributed by atoms with Gasteiger partial charge in [-0.15, -0.1) is 0 Å². The zero-order chi connectivity index (χ0) is 13.4. The highest BCUT2D eigenvalue weighted by Crippen LogP contribution is 2.08. The van der Waals surface area contributed by atoms with Crippen LogP contribution in [0, 0.1) is 6.92 Å². The Kier molecular flexibility index (Phi) is 6.14. The highest BCUT2D eigenvalue weighted by atomic mass is 32.1. The number of aryl methyl sites for hydroxylation is 1. The van der Waals surface area contributed by atoms with Crippen LogP contribution in [0.3, 0.4) is 0 Å². The van der Waals surface area contributed by atoms with E-state index < -0.39 is 0 Å². The van der Waals surface area contributed by atoms with Crippen LogP contribution in [0.15, 0.2) is 24.3 Å². The van der Waals surface area contributed by atoms with Crippen molar-refractivity contribution >= 4 is 28.9 Å². The summed E-state index contributed by atoms with van der Waals surface area (Å²) in [5, 5.41) is 5.57. The van der Waals surface area contributed by atoms with E-state index in [-0.39, 0.29) is 6.03 Å². The molecule has 4 nitrogen and oxygen atoms in total. The minimum Gasteiger partial charge on any atom is -0.393 e. The minimum absolute atomic E-state index is 0.184. The summed E-state index contributed by atoms with van der Waals surface area (Å²) < 4.78 is 0. The Labute approximate surface area is 113 Å². The molecule has 0 aliphatic carbocycles. The van der Waals surface area contributed by atoms with Gasteiger partial charge in [0.25, 0.3) is 0 Å². The lowest BCUT2D eigenvalue weighted by Crippen LogP contribution is -2.29. The Bertz CT molecular complexity index is 420. The number of hydrogen-bond acceptors (Lipinski definition) is 2. The highest BCUT2D eigenvalue weighted by molar-refractivity contribution is 7.80. The summed E-state index contributed by atoms with van der Waals surface area (Å²) >= 11 is 4.77. The Morgan fingerprint density at radius 2 is 2.17 bits per heavy atom. The summed E-state index contributed by atoms with van der Waals surface area (Å²) in [5.41, 5.74) is 7.30. The molecule has 0 aliphatic rings. The van der Waals surface area contributed by atoms with E-state index in [9.17, 15) is 4.79 Å². The first-order valence-electron chi connectivity index (χ1n) is 5.98. The van der Waals surface area contributed by atoms with Crippen LogP contribution in [0.4, 0.5) is 10.5 Å². The zero-order valence-electron chi connectivity index (χ0n) is 10.5. The molecule has 0 aromatic heterocycles. The van der Waals surface area contributed by atoms with Gasteiger partial charge in [0.05, 0.1) is 4.99 Å². The molecule has 0 saturated carbocycles. The van der Waals surface area contributed by atoms with E-state index in [1.807, 2.05) is 31.2 Å². The van der Waals surface area contributed by atoms with E-state index in [0.29, 0.717) is 11.5 Å². The lowest BCUT2D eigenvalue weighted by molar-refractivity contribution is 0.252. The molecule has 0 radical (unpaired) electrons. The smallest absolute Gasteiger partial charge is 0.319 e. The standard InChI is InChI=1S/C13H19N3OS/c1-10-5-4-6-11(9-10)16-13(17)15-8-3-2-7-12(14)18/h4-6,9H,2-3,7-8H2,1H3,(H2,14,18)(H2,15,16,17).